The van der Waals surface area contributed by atoms with Crippen LogP contribution in [0.3, 0.4) is 0 Å². The molecule has 0 atom stereocenters. The standard InChI is InChI=1S/C17H18O/c1-3-13-8-10-14(11-9-13)15-6-5-7-16(12-15)17(18)4-2/h5-12H,3-4H2,1-2H3. The van der Waals surface area contributed by atoms with Gasteiger partial charge in [-0.1, -0.05) is 56.3 Å². The second-order valence-corrected chi connectivity index (χ2v) is 4.41. The summed E-state index contributed by atoms with van der Waals surface area (Å²) < 4.78 is 0. The van der Waals surface area contributed by atoms with Crippen molar-refractivity contribution in [2.45, 2.75) is 26.7 Å². The first kappa shape index (κ1) is 12.6. The Kier molecular flexibility index (Phi) is 3.93. The highest BCUT2D eigenvalue weighted by Crippen LogP contribution is 2.21. The Balaban J connectivity index is 2.35. The molecule has 0 amide bonds. The molecule has 2 aromatic rings. The zero-order valence-electron chi connectivity index (χ0n) is 10.9. The average molecular weight is 238 g/mol. The zero-order valence-corrected chi connectivity index (χ0v) is 10.9. The number of benzene rings is 2. The van der Waals surface area contributed by atoms with Crippen LogP contribution in [0.25, 0.3) is 11.1 Å². The first-order valence-corrected chi connectivity index (χ1v) is 6.47. The van der Waals surface area contributed by atoms with Gasteiger partial charge in [-0.2, -0.15) is 0 Å². The molecule has 0 saturated carbocycles. The van der Waals surface area contributed by atoms with Crippen molar-refractivity contribution < 1.29 is 4.79 Å². The van der Waals surface area contributed by atoms with Crippen LogP contribution < -0.4 is 0 Å². The van der Waals surface area contributed by atoms with Gasteiger partial charge in [0.25, 0.3) is 0 Å². The molecule has 0 unspecified atom stereocenters. The van der Waals surface area contributed by atoms with Gasteiger partial charge in [-0.25, -0.2) is 0 Å². The highest BCUT2D eigenvalue weighted by molar-refractivity contribution is 5.96. The largest absolute Gasteiger partial charge is 0.294 e. The molecule has 1 heteroatoms. The topological polar surface area (TPSA) is 17.1 Å². The van der Waals surface area contributed by atoms with E-state index >= 15 is 0 Å². The third kappa shape index (κ3) is 2.67. The quantitative estimate of drug-likeness (QED) is 0.716. The highest BCUT2D eigenvalue weighted by Gasteiger charge is 2.04. The molecule has 0 aliphatic rings. The van der Waals surface area contributed by atoms with E-state index in [1.165, 1.54) is 5.56 Å². The van der Waals surface area contributed by atoms with Crippen LogP contribution in [0.15, 0.2) is 48.5 Å². The monoisotopic (exact) mass is 238 g/mol. The predicted octanol–water partition coefficient (Wildman–Crippen LogP) is 4.51. The molecule has 92 valence electrons. The van der Waals surface area contributed by atoms with Gasteiger partial charge < -0.3 is 0 Å². The van der Waals surface area contributed by atoms with Crippen LogP contribution in [0.4, 0.5) is 0 Å². The Morgan fingerprint density at radius 2 is 1.67 bits per heavy atom. The molecule has 1 nitrogen and oxygen atoms in total. The van der Waals surface area contributed by atoms with E-state index in [4.69, 9.17) is 0 Å². The minimum atomic E-state index is 0.196. The summed E-state index contributed by atoms with van der Waals surface area (Å²) in [7, 11) is 0. The molecule has 0 spiro atoms. The fourth-order valence-corrected chi connectivity index (χ4v) is 2.01. The van der Waals surface area contributed by atoms with E-state index in [1.54, 1.807) is 0 Å². The lowest BCUT2D eigenvalue weighted by Crippen LogP contribution is -1.96. The molecular weight excluding hydrogens is 220 g/mol. The average Bonchev–Trinajstić information content (AvgIpc) is 2.46. The number of hydrogen-bond acceptors (Lipinski definition) is 1. The molecule has 0 aromatic heterocycles. The Hall–Kier alpha value is -1.89. The van der Waals surface area contributed by atoms with Crippen molar-refractivity contribution in [2.24, 2.45) is 0 Å². The Bertz CT molecular complexity index is 538. The van der Waals surface area contributed by atoms with E-state index in [2.05, 4.69) is 31.2 Å². The summed E-state index contributed by atoms with van der Waals surface area (Å²) in [5, 5.41) is 0. The van der Waals surface area contributed by atoms with Crippen molar-refractivity contribution in [2.75, 3.05) is 0 Å². The summed E-state index contributed by atoms with van der Waals surface area (Å²) in [5.41, 5.74) is 4.41. The number of ketones is 1. The summed E-state index contributed by atoms with van der Waals surface area (Å²) in [5.74, 6) is 0.196. The van der Waals surface area contributed by atoms with Crippen molar-refractivity contribution in [3.05, 3.63) is 59.7 Å². The molecule has 2 aromatic carbocycles. The van der Waals surface area contributed by atoms with Crippen LogP contribution >= 0.6 is 0 Å². The van der Waals surface area contributed by atoms with Crippen LogP contribution in [0.1, 0.15) is 36.2 Å². The molecule has 0 aliphatic heterocycles. The van der Waals surface area contributed by atoms with Crippen molar-refractivity contribution in [3.8, 4) is 11.1 Å². The summed E-state index contributed by atoms with van der Waals surface area (Å²) in [4.78, 5) is 11.7. The van der Waals surface area contributed by atoms with Gasteiger partial charge in [-0.15, -0.1) is 0 Å². The SMILES string of the molecule is CCC(=O)c1cccc(-c2ccc(CC)cc2)c1. The number of aryl methyl sites for hydroxylation is 1. The van der Waals surface area contributed by atoms with E-state index < -0.39 is 0 Å². The third-order valence-electron chi connectivity index (χ3n) is 3.20. The van der Waals surface area contributed by atoms with E-state index in [0.29, 0.717) is 6.42 Å². The molecule has 0 saturated heterocycles. The Morgan fingerprint density at radius 1 is 0.944 bits per heavy atom. The molecule has 0 fully saturated rings. The van der Waals surface area contributed by atoms with Crippen LogP contribution in [0.2, 0.25) is 0 Å². The molecule has 0 bridgehead atoms. The minimum absolute atomic E-state index is 0.196. The molecule has 0 heterocycles. The summed E-state index contributed by atoms with van der Waals surface area (Å²) in [6.07, 6.45) is 1.60. The predicted molar refractivity (Wildman–Crippen MR) is 75.9 cm³/mol. The second kappa shape index (κ2) is 5.63. The first-order valence-electron chi connectivity index (χ1n) is 6.47. The molecule has 18 heavy (non-hydrogen) atoms. The van der Waals surface area contributed by atoms with Gasteiger partial charge in [-0.05, 0) is 29.2 Å². The number of hydrogen-bond donors (Lipinski definition) is 0. The van der Waals surface area contributed by atoms with Gasteiger partial charge in [-0.3, -0.25) is 4.79 Å². The van der Waals surface area contributed by atoms with Gasteiger partial charge >= 0.3 is 0 Å². The molecule has 0 N–H and O–H groups in total. The lowest BCUT2D eigenvalue weighted by atomic mass is 9.99. The van der Waals surface area contributed by atoms with Gasteiger partial charge in [0.2, 0.25) is 0 Å². The number of carbonyl (C=O) groups is 1. The molecular formula is C17H18O. The van der Waals surface area contributed by atoms with Crippen molar-refractivity contribution in [1.82, 2.24) is 0 Å². The second-order valence-electron chi connectivity index (χ2n) is 4.41. The lowest BCUT2D eigenvalue weighted by molar-refractivity contribution is 0.0988. The van der Waals surface area contributed by atoms with E-state index in [-0.39, 0.29) is 5.78 Å². The van der Waals surface area contributed by atoms with Crippen molar-refractivity contribution >= 4 is 5.78 Å². The van der Waals surface area contributed by atoms with Crippen LogP contribution in [0.5, 0.6) is 0 Å². The summed E-state index contributed by atoms with van der Waals surface area (Å²) in [6.45, 7) is 4.04. The van der Waals surface area contributed by atoms with Gasteiger partial charge in [0, 0.05) is 12.0 Å². The van der Waals surface area contributed by atoms with Crippen molar-refractivity contribution in [3.63, 3.8) is 0 Å². The number of Topliss-reactive ketones (excluding diaryl/α,β-unsaturated/α-hetero) is 1. The Labute approximate surface area is 108 Å². The molecule has 2 rings (SSSR count). The third-order valence-corrected chi connectivity index (χ3v) is 3.20. The fraction of sp³-hybridized carbons (Fsp3) is 0.235. The van der Waals surface area contributed by atoms with E-state index in [1.807, 2.05) is 31.2 Å². The van der Waals surface area contributed by atoms with Gasteiger partial charge in [0.15, 0.2) is 5.78 Å². The van der Waals surface area contributed by atoms with Crippen molar-refractivity contribution in [1.29, 1.82) is 0 Å². The van der Waals surface area contributed by atoms with E-state index in [0.717, 1.165) is 23.1 Å². The van der Waals surface area contributed by atoms with Gasteiger partial charge in [0.1, 0.15) is 0 Å². The molecule has 0 radical (unpaired) electrons. The summed E-state index contributed by atoms with van der Waals surface area (Å²) >= 11 is 0. The zero-order chi connectivity index (χ0) is 13.0. The first-order chi connectivity index (χ1) is 8.74. The van der Waals surface area contributed by atoms with Crippen LogP contribution in [-0.2, 0) is 6.42 Å². The van der Waals surface area contributed by atoms with Gasteiger partial charge in [0.05, 0.1) is 0 Å². The minimum Gasteiger partial charge on any atom is -0.294 e. The summed E-state index contributed by atoms with van der Waals surface area (Å²) in [6, 6.07) is 16.4. The molecule has 0 aliphatic carbocycles. The smallest absolute Gasteiger partial charge is 0.162 e. The van der Waals surface area contributed by atoms with E-state index in [9.17, 15) is 4.79 Å². The van der Waals surface area contributed by atoms with Crippen LogP contribution in [0, 0.1) is 0 Å². The normalized spacial score (nSPS) is 10.3. The maximum Gasteiger partial charge on any atom is 0.162 e. The highest BCUT2D eigenvalue weighted by atomic mass is 16.1. The maximum atomic E-state index is 11.7. The van der Waals surface area contributed by atoms with Crippen LogP contribution in [-0.4, -0.2) is 5.78 Å². The number of carbonyl (C=O) groups excluding carboxylic acids is 1. The number of rotatable bonds is 4. The fourth-order valence-electron chi connectivity index (χ4n) is 2.01. The lowest BCUT2D eigenvalue weighted by Gasteiger charge is -2.05. The Morgan fingerprint density at radius 3 is 2.28 bits per heavy atom. The maximum absolute atomic E-state index is 11.7.